The average molecular weight is 434 g/mol. The van der Waals surface area contributed by atoms with Crippen LogP contribution in [0, 0.1) is 5.92 Å². The van der Waals surface area contributed by atoms with Crippen LogP contribution in [0.2, 0.25) is 5.02 Å². The van der Waals surface area contributed by atoms with E-state index in [4.69, 9.17) is 16.3 Å². The van der Waals surface area contributed by atoms with Crippen molar-refractivity contribution >= 4 is 34.4 Å². The molecule has 0 spiro atoms. The third-order valence-electron chi connectivity index (χ3n) is 4.82. The predicted octanol–water partition coefficient (Wildman–Crippen LogP) is 2.92. The summed E-state index contributed by atoms with van der Waals surface area (Å²) in [6, 6.07) is 1.61. The van der Waals surface area contributed by atoms with Crippen molar-refractivity contribution < 1.29 is 32.2 Å². The van der Waals surface area contributed by atoms with Gasteiger partial charge in [-0.3, -0.25) is 9.59 Å². The van der Waals surface area contributed by atoms with Crippen LogP contribution >= 0.6 is 11.6 Å². The molecule has 1 unspecified atom stereocenters. The van der Waals surface area contributed by atoms with Crippen LogP contribution < -0.4 is 0 Å². The lowest BCUT2D eigenvalue weighted by atomic mass is 9.93. The van der Waals surface area contributed by atoms with Crippen LogP contribution in [0.15, 0.2) is 12.3 Å². The maximum Gasteiger partial charge on any atom is 0.406 e. The van der Waals surface area contributed by atoms with E-state index in [9.17, 15) is 22.8 Å². The normalized spacial score (nSPS) is 17.4. The Morgan fingerprint density at radius 2 is 2.10 bits per heavy atom. The van der Waals surface area contributed by atoms with E-state index in [0.717, 1.165) is 12.0 Å². The molecular formula is C18H19ClF3N3O4. The van der Waals surface area contributed by atoms with Gasteiger partial charge in [-0.2, -0.15) is 18.3 Å². The topological polar surface area (TPSA) is 73.7 Å². The number of carbonyl (C=O) groups excluding carboxylic acids is 2. The van der Waals surface area contributed by atoms with Crippen LogP contribution in [0.3, 0.4) is 0 Å². The highest BCUT2D eigenvalue weighted by atomic mass is 35.5. The third kappa shape index (κ3) is 4.48. The molecule has 0 saturated heterocycles. The Bertz CT molecular complexity index is 945. The van der Waals surface area contributed by atoms with Crippen molar-refractivity contribution in [1.82, 2.24) is 14.7 Å². The number of hydrogen-bond acceptors (Lipinski definition) is 5. The lowest BCUT2D eigenvalue weighted by Gasteiger charge is -2.25. The van der Waals surface area contributed by atoms with Gasteiger partial charge in [0.25, 0.3) is 0 Å². The number of hydrogen-bond donors (Lipinski definition) is 0. The number of amides is 1. The van der Waals surface area contributed by atoms with Crippen molar-refractivity contribution in [3.63, 3.8) is 0 Å². The molecular weight excluding hydrogens is 415 g/mol. The first kappa shape index (κ1) is 21.4. The molecule has 3 rings (SSSR count). The van der Waals surface area contributed by atoms with Gasteiger partial charge in [-0.25, -0.2) is 4.68 Å². The second-order valence-corrected chi connectivity index (χ2v) is 7.22. The summed E-state index contributed by atoms with van der Waals surface area (Å²) in [6.07, 6.45) is -3.33. The van der Waals surface area contributed by atoms with Gasteiger partial charge in [-0.15, -0.1) is 0 Å². The Labute approximate surface area is 169 Å². The van der Waals surface area contributed by atoms with Gasteiger partial charge < -0.3 is 14.4 Å². The SMILES string of the molecule is COCn1ncc2c3c(cc(Cl)c21)CC(CC(=O)OC)C(=O)N(CC(F)(F)F)C3. The molecule has 1 amide bonds. The first-order valence-corrected chi connectivity index (χ1v) is 9.09. The second kappa shape index (κ2) is 8.19. The molecule has 1 aliphatic rings. The van der Waals surface area contributed by atoms with E-state index >= 15 is 0 Å². The number of halogens is 4. The minimum absolute atomic E-state index is 0.0722. The maximum absolute atomic E-state index is 13.1. The van der Waals surface area contributed by atoms with E-state index in [0.29, 0.717) is 27.1 Å². The molecule has 0 aliphatic carbocycles. The van der Waals surface area contributed by atoms with E-state index in [1.165, 1.54) is 18.0 Å². The molecule has 29 heavy (non-hydrogen) atoms. The van der Waals surface area contributed by atoms with Gasteiger partial charge in [-0.1, -0.05) is 11.6 Å². The summed E-state index contributed by atoms with van der Waals surface area (Å²) in [5, 5.41) is 5.07. The number of carbonyl (C=O) groups is 2. The molecule has 0 N–H and O–H groups in total. The average Bonchev–Trinajstić information content (AvgIpc) is 3.01. The molecule has 1 aliphatic heterocycles. The zero-order valence-electron chi connectivity index (χ0n) is 15.8. The third-order valence-corrected chi connectivity index (χ3v) is 5.11. The molecule has 2 heterocycles. The van der Waals surface area contributed by atoms with E-state index < -0.39 is 30.5 Å². The lowest BCUT2D eigenvalue weighted by Crippen LogP contribution is -2.41. The molecule has 1 atom stereocenters. The Hall–Kier alpha value is -2.33. The van der Waals surface area contributed by atoms with Gasteiger partial charge in [0.1, 0.15) is 13.3 Å². The minimum Gasteiger partial charge on any atom is -0.469 e. The van der Waals surface area contributed by atoms with Crippen LogP contribution in [0.25, 0.3) is 10.9 Å². The molecule has 1 aromatic heterocycles. The van der Waals surface area contributed by atoms with E-state index in [1.54, 1.807) is 6.07 Å². The molecule has 2 aromatic rings. The van der Waals surface area contributed by atoms with E-state index in [-0.39, 0.29) is 26.1 Å². The largest absolute Gasteiger partial charge is 0.469 e. The van der Waals surface area contributed by atoms with Gasteiger partial charge in [0.2, 0.25) is 5.91 Å². The molecule has 7 nitrogen and oxygen atoms in total. The number of esters is 1. The van der Waals surface area contributed by atoms with Gasteiger partial charge in [0.15, 0.2) is 0 Å². The summed E-state index contributed by atoms with van der Waals surface area (Å²) in [5.74, 6) is -2.40. The highest BCUT2D eigenvalue weighted by Crippen LogP contribution is 2.36. The fraction of sp³-hybridized carbons (Fsp3) is 0.500. The molecule has 0 bridgehead atoms. The van der Waals surface area contributed by atoms with Gasteiger partial charge in [0.05, 0.1) is 36.2 Å². The monoisotopic (exact) mass is 433 g/mol. The Kier molecular flexibility index (Phi) is 6.04. The van der Waals surface area contributed by atoms with Crippen LogP contribution in [-0.4, -0.2) is 53.5 Å². The van der Waals surface area contributed by atoms with Gasteiger partial charge in [0, 0.05) is 19.0 Å². The smallest absolute Gasteiger partial charge is 0.406 e. The summed E-state index contributed by atoms with van der Waals surface area (Å²) in [5.41, 5.74) is 1.64. The van der Waals surface area contributed by atoms with Crippen LogP contribution in [0.4, 0.5) is 13.2 Å². The number of ether oxygens (including phenoxy) is 2. The van der Waals surface area contributed by atoms with Crippen molar-refractivity contribution in [1.29, 1.82) is 0 Å². The minimum atomic E-state index is -4.58. The fourth-order valence-electron chi connectivity index (χ4n) is 3.60. The van der Waals surface area contributed by atoms with E-state index in [1.807, 2.05) is 0 Å². The molecule has 0 saturated carbocycles. The molecule has 158 valence electrons. The Morgan fingerprint density at radius 1 is 1.38 bits per heavy atom. The first-order chi connectivity index (χ1) is 13.6. The number of methoxy groups -OCH3 is 2. The zero-order valence-corrected chi connectivity index (χ0v) is 16.5. The van der Waals surface area contributed by atoms with Crippen LogP contribution in [-0.2, 0) is 38.8 Å². The number of aromatic nitrogens is 2. The van der Waals surface area contributed by atoms with Crippen molar-refractivity contribution in [3.05, 3.63) is 28.4 Å². The van der Waals surface area contributed by atoms with Crippen molar-refractivity contribution in [2.24, 2.45) is 5.92 Å². The van der Waals surface area contributed by atoms with Crippen LogP contribution in [0.5, 0.6) is 0 Å². The van der Waals surface area contributed by atoms with E-state index in [2.05, 4.69) is 9.84 Å². The number of alkyl halides is 3. The Balaban J connectivity index is 2.12. The molecule has 11 heteroatoms. The lowest BCUT2D eigenvalue weighted by molar-refractivity contribution is -0.165. The predicted molar refractivity (Wildman–Crippen MR) is 97.1 cm³/mol. The number of fused-ring (bicyclic) bond motifs is 3. The summed E-state index contributed by atoms with van der Waals surface area (Å²) in [7, 11) is 2.64. The van der Waals surface area contributed by atoms with Crippen LogP contribution in [0.1, 0.15) is 17.5 Å². The molecule has 0 fully saturated rings. The standard InChI is InChI=1S/C18H19ClF3N3O4/c1-28-9-25-16-12(6-23-25)13-7-24(8-18(20,21)22)17(27)11(5-15(26)29-2)3-10(13)4-14(16)19/h4,6,11H,3,5,7-9H2,1-2H3. The summed E-state index contributed by atoms with van der Waals surface area (Å²) >= 11 is 6.40. The number of benzene rings is 1. The highest BCUT2D eigenvalue weighted by molar-refractivity contribution is 6.35. The van der Waals surface area contributed by atoms with Crippen molar-refractivity contribution in [3.8, 4) is 0 Å². The number of rotatable bonds is 5. The second-order valence-electron chi connectivity index (χ2n) is 6.81. The highest BCUT2D eigenvalue weighted by Gasteiger charge is 2.39. The van der Waals surface area contributed by atoms with Crippen molar-refractivity contribution in [2.45, 2.75) is 32.3 Å². The summed E-state index contributed by atoms with van der Waals surface area (Å²) < 4.78 is 50.5. The van der Waals surface area contributed by atoms with Gasteiger partial charge >= 0.3 is 12.1 Å². The quantitative estimate of drug-likeness (QED) is 0.678. The number of nitrogens with zero attached hydrogens (tertiary/aromatic N) is 3. The maximum atomic E-state index is 13.1. The Morgan fingerprint density at radius 3 is 2.72 bits per heavy atom. The first-order valence-electron chi connectivity index (χ1n) is 8.71. The van der Waals surface area contributed by atoms with Crippen molar-refractivity contribution in [2.75, 3.05) is 20.8 Å². The molecule has 1 aromatic carbocycles. The summed E-state index contributed by atoms with van der Waals surface area (Å²) in [4.78, 5) is 25.3. The molecule has 0 radical (unpaired) electrons. The summed E-state index contributed by atoms with van der Waals surface area (Å²) in [6.45, 7) is -1.57. The zero-order chi connectivity index (χ0) is 21.3. The fourth-order valence-corrected chi connectivity index (χ4v) is 3.93. The van der Waals surface area contributed by atoms with Gasteiger partial charge in [-0.05, 0) is 23.6 Å².